The van der Waals surface area contributed by atoms with Crippen LogP contribution in [0.4, 0.5) is 5.69 Å². The molecule has 1 saturated heterocycles. The molecule has 4 rings (SSSR count). The van der Waals surface area contributed by atoms with Crippen LogP contribution in [0.15, 0.2) is 64.6 Å². The fourth-order valence-electron chi connectivity index (χ4n) is 3.40. The lowest BCUT2D eigenvalue weighted by Gasteiger charge is -2.25. The molecule has 2 aromatic carbocycles. The van der Waals surface area contributed by atoms with Crippen molar-refractivity contribution in [2.75, 3.05) is 18.4 Å². The van der Waals surface area contributed by atoms with Gasteiger partial charge in [0.25, 0.3) is 0 Å². The third-order valence-corrected chi connectivity index (χ3v) is 8.11. The number of carbonyl (C=O) groups is 1. The number of thioether (sulfide) groups is 1. The third-order valence-electron chi connectivity index (χ3n) is 5.17. The number of piperidine rings is 1. The fraction of sp³-hybridized carbons (Fsp3) is 0.333. The molecule has 2 heterocycles. The van der Waals surface area contributed by atoms with Crippen LogP contribution < -0.4 is 5.32 Å². The van der Waals surface area contributed by atoms with E-state index in [1.165, 1.54) is 28.2 Å². The minimum absolute atomic E-state index is 0.232. The van der Waals surface area contributed by atoms with Crippen LogP contribution in [0.5, 0.6) is 0 Å². The smallest absolute Gasteiger partial charge is 0.243 e. The standard InChI is InChI=1S/C21H24N6O3S2/c1-16(31-21-23-24-25-27(21)18-8-4-2-5-9-18)20(28)22-17-10-12-19(13-11-17)32(29,30)26-14-6-3-7-15-26/h2,4-5,8-13,16H,3,6-7,14-15H2,1H3,(H,22,28). The Morgan fingerprint density at radius 1 is 1.03 bits per heavy atom. The van der Waals surface area contributed by atoms with Gasteiger partial charge in [0.15, 0.2) is 0 Å². The van der Waals surface area contributed by atoms with Gasteiger partial charge >= 0.3 is 0 Å². The molecule has 0 spiro atoms. The highest BCUT2D eigenvalue weighted by molar-refractivity contribution is 8.00. The molecule has 1 aliphatic heterocycles. The lowest BCUT2D eigenvalue weighted by atomic mass is 10.2. The van der Waals surface area contributed by atoms with Gasteiger partial charge in [-0.3, -0.25) is 4.79 Å². The summed E-state index contributed by atoms with van der Waals surface area (Å²) in [5.74, 6) is -0.232. The quantitative estimate of drug-likeness (QED) is 0.526. The van der Waals surface area contributed by atoms with Crippen LogP contribution >= 0.6 is 11.8 Å². The van der Waals surface area contributed by atoms with E-state index >= 15 is 0 Å². The van der Waals surface area contributed by atoms with Crippen LogP contribution in [0, 0.1) is 0 Å². The monoisotopic (exact) mass is 472 g/mol. The number of hydrogen-bond acceptors (Lipinski definition) is 7. The minimum Gasteiger partial charge on any atom is -0.325 e. The molecule has 1 aromatic heterocycles. The van der Waals surface area contributed by atoms with Crippen molar-refractivity contribution in [3.8, 4) is 5.69 Å². The van der Waals surface area contributed by atoms with Crippen LogP contribution in [-0.2, 0) is 14.8 Å². The van der Waals surface area contributed by atoms with Gasteiger partial charge in [-0.25, -0.2) is 8.42 Å². The Kier molecular flexibility index (Phi) is 6.87. The number of aromatic nitrogens is 4. The van der Waals surface area contributed by atoms with Crippen LogP contribution in [0.1, 0.15) is 26.2 Å². The van der Waals surface area contributed by atoms with E-state index in [9.17, 15) is 13.2 Å². The van der Waals surface area contributed by atoms with E-state index < -0.39 is 15.3 Å². The molecule has 1 fully saturated rings. The molecule has 32 heavy (non-hydrogen) atoms. The predicted octanol–water partition coefficient (Wildman–Crippen LogP) is 2.96. The number of carbonyl (C=O) groups excluding carboxylic acids is 1. The maximum absolute atomic E-state index is 12.8. The number of hydrogen-bond donors (Lipinski definition) is 1. The van der Waals surface area contributed by atoms with Crippen molar-refractivity contribution in [1.82, 2.24) is 24.5 Å². The van der Waals surface area contributed by atoms with E-state index in [0.29, 0.717) is 23.9 Å². The van der Waals surface area contributed by atoms with Gasteiger partial charge in [-0.2, -0.15) is 8.99 Å². The molecule has 1 unspecified atom stereocenters. The van der Waals surface area contributed by atoms with Crippen molar-refractivity contribution in [2.45, 2.75) is 41.5 Å². The molecule has 9 nitrogen and oxygen atoms in total. The van der Waals surface area contributed by atoms with Crippen molar-refractivity contribution in [2.24, 2.45) is 0 Å². The first-order chi connectivity index (χ1) is 15.4. The van der Waals surface area contributed by atoms with Gasteiger partial charge in [0.05, 0.1) is 15.8 Å². The number of anilines is 1. The Bertz CT molecular complexity index is 1160. The maximum atomic E-state index is 12.8. The predicted molar refractivity (Wildman–Crippen MR) is 122 cm³/mol. The van der Waals surface area contributed by atoms with E-state index in [0.717, 1.165) is 24.9 Å². The molecule has 0 aliphatic carbocycles. The molecule has 0 radical (unpaired) electrons. The number of rotatable bonds is 7. The van der Waals surface area contributed by atoms with Gasteiger partial charge in [0.2, 0.25) is 21.1 Å². The average Bonchev–Trinajstić information content (AvgIpc) is 3.28. The topological polar surface area (TPSA) is 110 Å². The van der Waals surface area contributed by atoms with Crippen LogP contribution in [0.25, 0.3) is 5.69 Å². The summed E-state index contributed by atoms with van der Waals surface area (Å²) >= 11 is 1.24. The van der Waals surface area contributed by atoms with Gasteiger partial charge in [-0.15, -0.1) is 5.10 Å². The summed E-state index contributed by atoms with van der Waals surface area (Å²) in [6.07, 6.45) is 2.83. The first-order valence-corrected chi connectivity index (χ1v) is 12.7. The van der Waals surface area contributed by atoms with Crippen molar-refractivity contribution >= 4 is 33.4 Å². The highest BCUT2D eigenvalue weighted by atomic mass is 32.2. The summed E-state index contributed by atoms with van der Waals surface area (Å²) < 4.78 is 28.6. The molecule has 1 atom stereocenters. The number of nitrogens with one attached hydrogen (secondary N) is 1. The number of amides is 1. The third kappa shape index (κ3) is 5.00. The van der Waals surface area contributed by atoms with E-state index in [4.69, 9.17) is 0 Å². The molecule has 3 aromatic rings. The lowest BCUT2D eigenvalue weighted by molar-refractivity contribution is -0.115. The van der Waals surface area contributed by atoms with Crippen LogP contribution in [-0.4, -0.2) is 57.2 Å². The summed E-state index contributed by atoms with van der Waals surface area (Å²) in [6.45, 7) is 2.87. The maximum Gasteiger partial charge on any atom is 0.243 e. The van der Waals surface area contributed by atoms with Crippen molar-refractivity contribution in [1.29, 1.82) is 0 Å². The zero-order valence-electron chi connectivity index (χ0n) is 17.6. The Morgan fingerprint density at radius 3 is 2.41 bits per heavy atom. The minimum atomic E-state index is -3.50. The van der Waals surface area contributed by atoms with Gasteiger partial charge in [-0.05, 0) is 66.6 Å². The second-order valence-electron chi connectivity index (χ2n) is 7.45. The van der Waals surface area contributed by atoms with Crippen LogP contribution in [0.3, 0.4) is 0 Å². The molecule has 11 heteroatoms. The Labute approximate surface area is 191 Å². The van der Waals surface area contributed by atoms with Crippen molar-refractivity contribution in [3.05, 3.63) is 54.6 Å². The zero-order valence-corrected chi connectivity index (χ0v) is 19.2. The summed E-state index contributed by atoms with van der Waals surface area (Å²) in [7, 11) is -3.50. The molecular formula is C21H24N6O3S2. The van der Waals surface area contributed by atoms with E-state index in [1.54, 1.807) is 23.7 Å². The van der Waals surface area contributed by atoms with Crippen LogP contribution in [0.2, 0.25) is 0 Å². The number of nitrogens with zero attached hydrogens (tertiary/aromatic N) is 5. The first-order valence-electron chi connectivity index (χ1n) is 10.4. The normalized spacial score (nSPS) is 15.9. The van der Waals surface area contributed by atoms with Crippen molar-refractivity contribution < 1.29 is 13.2 Å². The van der Waals surface area contributed by atoms with Crippen molar-refractivity contribution in [3.63, 3.8) is 0 Å². The van der Waals surface area contributed by atoms with Gasteiger partial charge in [-0.1, -0.05) is 36.4 Å². The fourth-order valence-corrected chi connectivity index (χ4v) is 5.73. The van der Waals surface area contributed by atoms with E-state index in [2.05, 4.69) is 20.8 Å². The second-order valence-corrected chi connectivity index (χ2v) is 10.7. The number of para-hydroxylation sites is 1. The summed E-state index contributed by atoms with van der Waals surface area (Å²) in [5.41, 5.74) is 1.33. The number of tetrazole rings is 1. The molecule has 168 valence electrons. The SMILES string of the molecule is CC(Sc1nnnn1-c1ccccc1)C(=O)Nc1ccc(S(=O)(=O)N2CCCCC2)cc1. The Balaban J connectivity index is 1.40. The summed E-state index contributed by atoms with van der Waals surface area (Å²) in [4.78, 5) is 12.9. The molecule has 1 N–H and O–H groups in total. The van der Waals surface area contributed by atoms with E-state index in [-0.39, 0.29) is 10.8 Å². The highest BCUT2D eigenvalue weighted by Crippen LogP contribution is 2.25. The largest absolute Gasteiger partial charge is 0.325 e. The lowest BCUT2D eigenvalue weighted by Crippen LogP contribution is -2.35. The number of benzene rings is 2. The molecule has 1 aliphatic rings. The van der Waals surface area contributed by atoms with E-state index in [1.807, 2.05) is 30.3 Å². The Hall–Kier alpha value is -2.76. The highest BCUT2D eigenvalue weighted by Gasteiger charge is 2.26. The van der Waals surface area contributed by atoms with Gasteiger partial charge < -0.3 is 5.32 Å². The van der Waals surface area contributed by atoms with Gasteiger partial charge in [0.1, 0.15) is 0 Å². The summed E-state index contributed by atoms with van der Waals surface area (Å²) in [5, 5.41) is 14.6. The molecule has 0 bridgehead atoms. The summed E-state index contributed by atoms with van der Waals surface area (Å²) in [6, 6.07) is 15.7. The second kappa shape index (κ2) is 9.80. The Morgan fingerprint density at radius 2 is 1.72 bits per heavy atom. The zero-order chi connectivity index (χ0) is 22.6. The molecular weight excluding hydrogens is 448 g/mol. The van der Waals surface area contributed by atoms with Gasteiger partial charge in [0, 0.05) is 18.8 Å². The molecule has 1 amide bonds. The first kappa shape index (κ1) is 22.4. The molecule has 0 saturated carbocycles. The number of sulfonamides is 1. The average molecular weight is 473 g/mol.